The van der Waals surface area contributed by atoms with E-state index in [0.29, 0.717) is 0 Å². The first kappa shape index (κ1) is 17.5. The Labute approximate surface area is 116 Å². The fourth-order valence-electron chi connectivity index (χ4n) is 1.59. The van der Waals surface area contributed by atoms with E-state index in [9.17, 15) is 4.79 Å². The van der Waals surface area contributed by atoms with Crippen molar-refractivity contribution in [3.8, 4) is 0 Å². The van der Waals surface area contributed by atoms with Gasteiger partial charge in [-0.15, -0.1) is 0 Å². The third-order valence-electron chi connectivity index (χ3n) is 2.76. The van der Waals surface area contributed by atoms with Gasteiger partial charge in [-0.25, -0.2) is 4.79 Å². The normalized spacial score (nSPS) is 12.2. The molecule has 0 bridgehead atoms. The molecule has 0 saturated carbocycles. The smallest absolute Gasteiger partial charge is 0.450 e. The number of allylic oxidation sites excluding steroid dienone is 5. The van der Waals surface area contributed by atoms with Crippen LogP contribution in [0.2, 0.25) is 0 Å². The van der Waals surface area contributed by atoms with Crippen LogP contribution in [0.5, 0.6) is 0 Å². The van der Waals surface area contributed by atoms with E-state index in [1.165, 1.54) is 11.1 Å². The van der Waals surface area contributed by atoms with Crippen LogP contribution in [0.3, 0.4) is 0 Å². The lowest BCUT2D eigenvalue weighted by molar-refractivity contribution is 0.102. The summed E-state index contributed by atoms with van der Waals surface area (Å²) in [5, 5.41) is 8.33. The lowest BCUT2D eigenvalue weighted by atomic mass is 10.1. The van der Waals surface area contributed by atoms with Crippen LogP contribution in [0.15, 0.2) is 34.9 Å². The summed E-state index contributed by atoms with van der Waals surface area (Å²) in [6.45, 7) is 8.53. The Morgan fingerprint density at radius 2 is 1.47 bits per heavy atom. The molecule has 3 heteroatoms. The zero-order valence-corrected chi connectivity index (χ0v) is 12.5. The largest absolute Gasteiger partial charge is 0.506 e. The van der Waals surface area contributed by atoms with Gasteiger partial charge in [0.25, 0.3) is 0 Å². The molecule has 3 nitrogen and oxygen atoms in total. The Kier molecular flexibility index (Phi) is 9.59. The van der Waals surface area contributed by atoms with Crippen LogP contribution in [-0.4, -0.2) is 17.9 Å². The van der Waals surface area contributed by atoms with Crippen molar-refractivity contribution in [3.05, 3.63) is 34.9 Å². The minimum Gasteiger partial charge on any atom is -0.450 e. The van der Waals surface area contributed by atoms with Crippen LogP contribution in [0.1, 0.15) is 53.4 Å². The minimum atomic E-state index is -1.22. The summed E-state index contributed by atoms with van der Waals surface area (Å²) in [5.41, 5.74) is 3.94. The number of carboxylic acid groups (broad SMARTS) is 1. The predicted molar refractivity (Wildman–Crippen MR) is 79.4 cm³/mol. The average molecular weight is 266 g/mol. The summed E-state index contributed by atoms with van der Waals surface area (Å²) in [6.07, 6.45) is 9.26. The number of hydrogen-bond acceptors (Lipinski definition) is 2. The summed E-state index contributed by atoms with van der Waals surface area (Å²) < 4.78 is 4.43. The predicted octanol–water partition coefficient (Wildman–Crippen LogP) is 5.10. The van der Waals surface area contributed by atoms with Crippen LogP contribution in [0.4, 0.5) is 4.79 Å². The second-order valence-electron chi connectivity index (χ2n) is 5.04. The summed E-state index contributed by atoms with van der Waals surface area (Å²) in [4.78, 5) is 10.2. The van der Waals surface area contributed by atoms with Crippen molar-refractivity contribution in [2.45, 2.75) is 53.4 Å². The van der Waals surface area contributed by atoms with Gasteiger partial charge in [0, 0.05) is 0 Å². The van der Waals surface area contributed by atoms with Gasteiger partial charge >= 0.3 is 6.16 Å². The van der Waals surface area contributed by atoms with E-state index in [1.807, 2.05) is 13.0 Å². The molecule has 0 heterocycles. The maximum absolute atomic E-state index is 10.2. The molecule has 0 atom stereocenters. The quantitative estimate of drug-likeness (QED) is 0.491. The molecule has 1 N–H and O–H groups in total. The Hall–Kier alpha value is -1.51. The SMILES string of the molecule is CC(C)=CCCC(C)=CCCC(C)=CCOC(=O)O. The van der Waals surface area contributed by atoms with E-state index < -0.39 is 6.16 Å². The highest BCUT2D eigenvalue weighted by Gasteiger charge is 1.94. The molecule has 108 valence electrons. The van der Waals surface area contributed by atoms with Gasteiger partial charge in [-0.05, 0) is 59.5 Å². The van der Waals surface area contributed by atoms with Crippen LogP contribution in [0.25, 0.3) is 0 Å². The van der Waals surface area contributed by atoms with E-state index >= 15 is 0 Å². The summed E-state index contributed by atoms with van der Waals surface area (Å²) >= 11 is 0. The highest BCUT2D eigenvalue weighted by Crippen LogP contribution is 2.11. The van der Waals surface area contributed by atoms with Gasteiger partial charge in [-0.2, -0.15) is 0 Å². The van der Waals surface area contributed by atoms with Crippen LogP contribution in [0, 0.1) is 0 Å². The molecule has 0 spiro atoms. The van der Waals surface area contributed by atoms with E-state index in [-0.39, 0.29) is 6.61 Å². The topological polar surface area (TPSA) is 46.5 Å². The molecule has 0 aliphatic rings. The van der Waals surface area contributed by atoms with Crippen molar-refractivity contribution < 1.29 is 14.6 Å². The van der Waals surface area contributed by atoms with Crippen molar-refractivity contribution >= 4 is 6.16 Å². The van der Waals surface area contributed by atoms with Gasteiger partial charge in [0.2, 0.25) is 0 Å². The fraction of sp³-hybridized carbons (Fsp3) is 0.562. The molecule has 0 aromatic rings. The van der Waals surface area contributed by atoms with Gasteiger partial charge in [0.05, 0.1) is 0 Å². The Balaban J connectivity index is 3.86. The van der Waals surface area contributed by atoms with Gasteiger partial charge in [-0.3, -0.25) is 0 Å². The van der Waals surface area contributed by atoms with Crippen molar-refractivity contribution in [3.63, 3.8) is 0 Å². The maximum Gasteiger partial charge on any atom is 0.506 e. The molecule has 0 unspecified atom stereocenters. The lowest BCUT2D eigenvalue weighted by Crippen LogP contribution is -1.99. The van der Waals surface area contributed by atoms with Crippen LogP contribution < -0.4 is 0 Å². The van der Waals surface area contributed by atoms with E-state index in [4.69, 9.17) is 5.11 Å². The standard InChI is InChI=1S/C16H26O3/c1-13(2)7-5-8-14(3)9-6-10-15(4)11-12-19-16(17)18/h7,9,11H,5-6,8,10,12H2,1-4H3,(H,17,18). The van der Waals surface area contributed by atoms with Crippen LogP contribution >= 0.6 is 0 Å². The molecule has 0 amide bonds. The van der Waals surface area contributed by atoms with Crippen molar-refractivity contribution in [1.29, 1.82) is 0 Å². The molecule has 0 fully saturated rings. The average Bonchev–Trinajstić information content (AvgIpc) is 2.27. The first-order valence-corrected chi connectivity index (χ1v) is 6.72. The monoisotopic (exact) mass is 266 g/mol. The van der Waals surface area contributed by atoms with Gasteiger partial charge < -0.3 is 9.84 Å². The number of carbonyl (C=O) groups is 1. The third-order valence-corrected chi connectivity index (χ3v) is 2.76. The Bertz CT molecular complexity index is 358. The van der Waals surface area contributed by atoms with Crippen LogP contribution in [-0.2, 0) is 4.74 Å². The Morgan fingerprint density at radius 1 is 0.947 bits per heavy atom. The fourth-order valence-corrected chi connectivity index (χ4v) is 1.59. The molecule has 0 saturated heterocycles. The van der Waals surface area contributed by atoms with Crippen molar-refractivity contribution in [2.75, 3.05) is 6.61 Å². The third kappa shape index (κ3) is 12.7. The highest BCUT2D eigenvalue weighted by molar-refractivity contribution is 5.56. The summed E-state index contributed by atoms with van der Waals surface area (Å²) in [7, 11) is 0. The molecule has 0 aromatic carbocycles. The van der Waals surface area contributed by atoms with E-state index in [0.717, 1.165) is 31.3 Å². The number of hydrogen-bond donors (Lipinski definition) is 1. The zero-order chi connectivity index (χ0) is 14.7. The molecule has 0 radical (unpaired) electrons. The second kappa shape index (κ2) is 10.4. The molecule has 0 aliphatic heterocycles. The lowest BCUT2D eigenvalue weighted by Gasteiger charge is -2.01. The number of ether oxygens (including phenoxy) is 1. The van der Waals surface area contributed by atoms with Gasteiger partial charge in [0.15, 0.2) is 0 Å². The molecular formula is C16H26O3. The van der Waals surface area contributed by atoms with Gasteiger partial charge in [-0.1, -0.05) is 28.9 Å². The second-order valence-corrected chi connectivity index (χ2v) is 5.04. The first-order chi connectivity index (χ1) is 8.91. The minimum absolute atomic E-state index is 0.143. The first-order valence-electron chi connectivity index (χ1n) is 6.72. The molecule has 19 heavy (non-hydrogen) atoms. The van der Waals surface area contributed by atoms with E-state index in [1.54, 1.807) is 0 Å². The summed E-state index contributed by atoms with van der Waals surface area (Å²) in [5.74, 6) is 0. The highest BCUT2D eigenvalue weighted by atomic mass is 16.7. The maximum atomic E-state index is 10.2. The molecule has 0 aliphatic carbocycles. The van der Waals surface area contributed by atoms with Crippen molar-refractivity contribution in [1.82, 2.24) is 0 Å². The molecule has 0 rings (SSSR count). The number of rotatable bonds is 8. The van der Waals surface area contributed by atoms with Gasteiger partial charge in [0.1, 0.15) is 6.61 Å². The molecule has 0 aromatic heterocycles. The Morgan fingerprint density at radius 3 is 2.00 bits per heavy atom. The zero-order valence-electron chi connectivity index (χ0n) is 12.5. The van der Waals surface area contributed by atoms with Crippen molar-refractivity contribution in [2.24, 2.45) is 0 Å². The summed E-state index contributed by atoms with van der Waals surface area (Å²) in [6, 6.07) is 0. The van der Waals surface area contributed by atoms with E-state index in [2.05, 4.69) is 37.7 Å². The molecular weight excluding hydrogens is 240 g/mol.